The number of thiol groups is 2. The minimum Gasteiger partial charge on any atom is -0.393 e. The average Bonchev–Trinajstić information content (AvgIpc) is 2.22. The van der Waals surface area contributed by atoms with E-state index in [9.17, 15) is 9.59 Å². The number of carbonyl (C=O) groups is 2. The summed E-state index contributed by atoms with van der Waals surface area (Å²) in [5, 5.41) is 0. The quantitative estimate of drug-likeness (QED) is 0.316. The van der Waals surface area contributed by atoms with Crippen LogP contribution in [-0.2, 0) is 27.7 Å². The van der Waals surface area contributed by atoms with Crippen molar-refractivity contribution in [2.24, 2.45) is 0 Å². The van der Waals surface area contributed by atoms with E-state index in [1.165, 1.54) is 13.8 Å². The summed E-state index contributed by atoms with van der Waals surface area (Å²) in [5.41, 5.74) is 0. The van der Waals surface area contributed by atoms with Crippen LogP contribution >= 0.6 is 25.8 Å². The molecular weight excluding hydrogens is 232 g/mol. The maximum atomic E-state index is 10.7. The maximum absolute atomic E-state index is 10.7. The second-order valence-electron chi connectivity index (χ2n) is 2.30. The van der Waals surface area contributed by atoms with Crippen LogP contribution in [0.5, 0.6) is 0 Å². The zero-order valence-corrected chi connectivity index (χ0v) is 9.29. The highest BCUT2D eigenvalue weighted by Gasteiger charge is 2.20. The van der Waals surface area contributed by atoms with Gasteiger partial charge < -0.3 is 8.37 Å². The van der Waals surface area contributed by atoms with Crippen molar-refractivity contribution in [1.29, 1.82) is 0 Å². The SMILES string of the molecule is CC(OOC(C)C(=O)OS)C(=O)OS. The molecular formula is C6H10O6S2. The third-order valence-corrected chi connectivity index (χ3v) is 1.55. The number of hydrogen-bond donors (Lipinski definition) is 2. The summed E-state index contributed by atoms with van der Waals surface area (Å²) in [6.45, 7) is 2.74. The Morgan fingerprint density at radius 3 is 1.43 bits per heavy atom. The van der Waals surface area contributed by atoms with Crippen LogP contribution in [0.3, 0.4) is 0 Å². The van der Waals surface area contributed by atoms with Crippen LogP contribution < -0.4 is 0 Å². The van der Waals surface area contributed by atoms with E-state index in [4.69, 9.17) is 0 Å². The van der Waals surface area contributed by atoms with E-state index >= 15 is 0 Å². The second-order valence-corrected chi connectivity index (χ2v) is 2.66. The number of hydrogen-bond acceptors (Lipinski definition) is 8. The van der Waals surface area contributed by atoms with Gasteiger partial charge >= 0.3 is 11.9 Å². The fourth-order valence-electron chi connectivity index (χ4n) is 0.394. The molecule has 0 bridgehead atoms. The van der Waals surface area contributed by atoms with Crippen LogP contribution in [0.2, 0.25) is 0 Å². The van der Waals surface area contributed by atoms with Gasteiger partial charge in [0.15, 0.2) is 12.2 Å². The molecule has 0 aliphatic heterocycles. The summed E-state index contributed by atoms with van der Waals surface area (Å²) in [4.78, 5) is 30.5. The van der Waals surface area contributed by atoms with E-state index in [0.717, 1.165) is 0 Å². The fourth-order valence-corrected chi connectivity index (χ4v) is 0.691. The molecule has 0 fully saturated rings. The molecule has 0 amide bonds. The van der Waals surface area contributed by atoms with Crippen molar-refractivity contribution in [2.75, 3.05) is 0 Å². The third kappa shape index (κ3) is 4.70. The Morgan fingerprint density at radius 2 is 1.21 bits per heavy atom. The van der Waals surface area contributed by atoms with Crippen LogP contribution in [-0.4, -0.2) is 24.1 Å². The number of rotatable bonds is 5. The van der Waals surface area contributed by atoms with Crippen molar-refractivity contribution in [3.8, 4) is 0 Å². The first-order valence-corrected chi connectivity index (χ1v) is 4.28. The van der Waals surface area contributed by atoms with E-state index in [-0.39, 0.29) is 0 Å². The van der Waals surface area contributed by atoms with Gasteiger partial charge in [-0.1, -0.05) is 0 Å². The van der Waals surface area contributed by atoms with Gasteiger partial charge in [0, 0.05) is 25.8 Å². The maximum Gasteiger partial charge on any atom is 0.350 e. The van der Waals surface area contributed by atoms with Gasteiger partial charge in [0.1, 0.15) is 0 Å². The van der Waals surface area contributed by atoms with Crippen LogP contribution in [0.1, 0.15) is 13.8 Å². The molecule has 6 nitrogen and oxygen atoms in total. The second kappa shape index (κ2) is 6.93. The van der Waals surface area contributed by atoms with E-state index in [1.807, 2.05) is 0 Å². The molecule has 0 saturated carbocycles. The summed E-state index contributed by atoms with van der Waals surface area (Å²) in [7, 11) is 0. The molecule has 0 aliphatic rings. The molecule has 14 heavy (non-hydrogen) atoms. The predicted molar refractivity (Wildman–Crippen MR) is 51.3 cm³/mol. The Morgan fingerprint density at radius 1 is 0.929 bits per heavy atom. The molecule has 8 heteroatoms. The predicted octanol–water partition coefficient (Wildman–Crippen LogP) is 0.488. The van der Waals surface area contributed by atoms with Crippen molar-refractivity contribution in [3.05, 3.63) is 0 Å². The Bertz CT molecular complexity index is 186. The minimum absolute atomic E-state index is 0.736. The van der Waals surface area contributed by atoms with Gasteiger partial charge in [-0.25, -0.2) is 19.4 Å². The molecule has 0 radical (unpaired) electrons. The van der Waals surface area contributed by atoms with Crippen molar-refractivity contribution >= 4 is 37.8 Å². The van der Waals surface area contributed by atoms with E-state index in [0.29, 0.717) is 0 Å². The zero-order valence-electron chi connectivity index (χ0n) is 7.50. The largest absolute Gasteiger partial charge is 0.393 e. The van der Waals surface area contributed by atoms with Crippen LogP contribution in [0.15, 0.2) is 0 Å². The zero-order chi connectivity index (χ0) is 11.1. The van der Waals surface area contributed by atoms with Gasteiger partial charge in [0.2, 0.25) is 0 Å². The van der Waals surface area contributed by atoms with Crippen LogP contribution in [0.4, 0.5) is 0 Å². The molecule has 0 aromatic carbocycles. The fraction of sp³-hybridized carbons (Fsp3) is 0.667. The number of carbonyl (C=O) groups excluding carboxylic acids is 2. The van der Waals surface area contributed by atoms with Crippen molar-refractivity contribution < 1.29 is 27.7 Å². The Hall–Kier alpha value is -0.440. The lowest BCUT2D eigenvalue weighted by Crippen LogP contribution is -2.27. The van der Waals surface area contributed by atoms with E-state index in [1.54, 1.807) is 0 Å². The van der Waals surface area contributed by atoms with Gasteiger partial charge in [-0.3, -0.25) is 0 Å². The van der Waals surface area contributed by atoms with E-state index < -0.39 is 24.1 Å². The summed E-state index contributed by atoms with van der Waals surface area (Å²) >= 11 is 6.54. The van der Waals surface area contributed by atoms with E-state index in [2.05, 4.69) is 44.0 Å². The van der Waals surface area contributed by atoms with Crippen molar-refractivity contribution in [1.82, 2.24) is 0 Å². The highest BCUT2D eigenvalue weighted by atomic mass is 32.1. The van der Waals surface area contributed by atoms with Gasteiger partial charge in [0.05, 0.1) is 0 Å². The summed E-state index contributed by atoms with van der Waals surface area (Å²) in [5.74, 6) is -1.47. The molecule has 0 aromatic rings. The molecule has 0 aromatic heterocycles. The lowest BCUT2D eigenvalue weighted by Gasteiger charge is -2.12. The molecule has 0 spiro atoms. The first-order valence-electron chi connectivity index (χ1n) is 3.55. The summed E-state index contributed by atoms with van der Waals surface area (Å²) < 4.78 is 8.10. The Kier molecular flexibility index (Phi) is 6.71. The van der Waals surface area contributed by atoms with Crippen molar-refractivity contribution in [2.45, 2.75) is 26.1 Å². The van der Waals surface area contributed by atoms with Gasteiger partial charge in [-0.2, -0.15) is 0 Å². The molecule has 0 aliphatic carbocycles. The molecule has 2 unspecified atom stereocenters. The average molecular weight is 242 g/mol. The molecule has 0 saturated heterocycles. The molecule has 2 atom stereocenters. The minimum atomic E-state index is -0.984. The summed E-state index contributed by atoms with van der Waals surface area (Å²) in [6.07, 6.45) is -1.97. The normalized spacial score (nSPS) is 14.3. The molecule has 0 rings (SSSR count). The van der Waals surface area contributed by atoms with Gasteiger partial charge in [-0.05, 0) is 13.8 Å². The van der Waals surface area contributed by atoms with Crippen molar-refractivity contribution in [3.63, 3.8) is 0 Å². The smallest absolute Gasteiger partial charge is 0.350 e. The van der Waals surface area contributed by atoms with Crippen LogP contribution in [0, 0.1) is 0 Å². The molecule has 0 N–H and O–H groups in total. The lowest BCUT2D eigenvalue weighted by atomic mass is 10.4. The van der Waals surface area contributed by atoms with Crippen LogP contribution in [0.25, 0.3) is 0 Å². The topological polar surface area (TPSA) is 71.1 Å². The van der Waals surface area contributed by atoms with Gasteiger partial charge in [0.25, 0.3) is 0 Å². The monoisotopic (exact) mass is 242 g/mol. The Labute approximate surface area is 92.0 Å². The Balaban J connectivity index is 3.82. The highest BCUT2D eigenvalue weighted by molar-refractivity contribution is 7.75. The highest BCUT2D eigenvalue weighted by Crippen LogP contribution is 2.02. The molecule has 0 heterocycles. The van der Waals surface area contributed by atoms with Gasteiger partial charge in [-0.15, -0.1) is 0 Å². The summed E-state index contributed by atoms with van der Waals surface area (Å²) in [6, 6.07) is 0. The standard InChI is InChI=1S/C6H10O6S2/c1-3(5(7)11-13)9-10-4(2)6(8)12-14/h3-4,13-14H,1-2H3. The first-order chi connectivity index (χ1) is 6.52. The first kappa shape index (κ1) is 13.6. The third-order valence-electron chi connectivity index (χ3n) is 1.19. The lowest BCUT2D eigenvalue weighted by molar-refractivity contribution is -0.333. The molecule has 82 valence electrons.